The molecule has 1 aromatic carbocycles. The summed E-state index contributed by atoms with van der Waals surface area (Å²) in [4.78, 5) is 10.9. The third-order valence-corrected chi connectivity index (χ3v) is 3.10. The second-order valence-electron chi connectivity index (χ2n) is 3.51. The van der Waals surface area contributed by atoms with Crippen molar-refractivity contribution in [2.75, 3.05) is 7.11 Å². The van der Waals surface area contributed by atoms with E-state index in [1.807, 2.05) is 0 Å². The van der Waals surface area contributed by atoms with E-state index in [9.17, 15) is 9.90 Å². The SMILES string of the molecule is COc1c(Br)cc(C(C)C(=O)O)c(O)c1C. The number of carboxylic acid groups (broad SMARTS) is 1. The average molecular weight is 289 g/mol. The van der Waals surface area contributed by atoms with Crippen LogP contribution in [0.1, 0.15) is 24.0 Å². The molecule has 0 saturated carbocycles. The third kappa shape index (κ3) is 2.14. The van der Waals surface area contributed by atoms with Gasteiger partial charge in [-0.2, -0.15) is 0 Å². The fourth-order valence-electron chi connectivity index (χ4n) is 1.49. The minimum absolute atomic E-state index is 0.0325. The Morgan fingerprint density at radius 1 is 1.56 bits per heavy atom. The number of carbonyl (C=O) groups is 1. The zero-order valence-electron chi connectivity index (χ0n) is 9.24. The molecular weight excluding hydrogens is 276 g/mol. The maximum atomic E-state index is 10.9. The maximum Gasteiger partial charge on any atom is 0.310 e. The lowest BCUT2D eigenvalue weighted by atomic mass is 9.97. The summed E-state index contributed by atoms with van der Waals surface area (Å²) in [6.45, 7) is 3.20. The standard InChI is InChI=1S/C11H13BrO4/c1-5(11(14)15)7-4-8(12)10(16-3)6(2)9(7)13/h4-5,13H,1-3H3,(H,14,15). The van der Waals surface area contributed by atoms with Gasteiger partial charge in [-0.3, -0.25) is 4.79 Å². The van der Waals surface area contributed by atoms with E-state index in [1.165, 1.54) is 14.0 Å². The summed E-state index contributed by atoms with van der Waals surface area (Å²) in [5.74, 6) is -1.26. The smallest absolute Gasteiger partial charge is 0.310 e. The molecule has 0 amide bonds. The molecule has 0 fully saturated rings. The van der Waals surface area contributed by atoms with Crippen LogP contribution in [0.4, 0.5) is 0 Å². The molecular formula is C11H13BrO4. The second kappa shape index (κ2) is 4.74. The Morgan fingerprint density at radius 3 is 2.56 bits per heavy atom. The summed E-state index contributed by atoms with van der Waals surface area (Å²) in [5, 5.41) is 18.8. The number of halogens is 1. The minimum atomic E-state index is -0.980. The Kier molecular flexibility index (Phi) is 3.80. The molecule has 1 rings (SSSR count). The predicted molar refractivity (Wildman–Crippen MR) is 63.1 cm³/mol. The van der Waals surface area contributed by atoms with Gasteiger partial charge in [0.25, 0.3) is 0 Å². The molecule has 0 bridgehead atoms. The van der Waals surface area contributed by atoms with Gasteiger partial charge in [0, 0.05) is 11.1 Å². The topological polar surface area (TPSA) is 66.8 Å². The van der Waals surface area contributed by atoms with Gasteiger partial charge in [-0.05, 0) is 35.8 Å². The fraction of sp³-hybridized carbons (Fsp3) is 0.364. The van der Waals surface area contributed by atoms with Crippen LogP contribution in [0.25, 0.3) is 0 Å². The Hall–Kier alpha value is -1.23. The molecule has 0 aliphatic carbocycles. The second-order valence-corrected chi connectivity index (χ2v) is 4.37. The number of aliphatic carboxylic acids is 1. The molecule has 1 atom stereocenters. The van der Waals surface area contributed by atoms with Crippen LogP contribution in [-0.2, 0) is 4.79 Å². The Balaban J connectivity index is 3.39. The van der Waals surface area contributed by atoms with E-state index in [2.05, 4.69) is 15.9 Å². The molecule has 0 spiro atoms. The number of aromatic hydroxyl groups is 1. The Labute approximate surface area is 102 Å². The van der Waals surface area contributed by atoms with E-state index in [1.54, 1.807) is 13.0 Å². The van der Waals surface area contributed by atoms with Crippen molar-refractivity contribution in [1.29, 1.82) is 0 Å². The summed E-state index contributed by atoms with van der Waals surface area (Å²) >= 11 is 3.28. The van der Waals surface area contributed by atoms with Crippen LogP contribution in [0.2, 0.25) is 0 Å². The highest BCUT2D eigenvalue weighted by Crippen LogP contribution is 2.40. The van der Waals surface area contributed by atoms with Gasteiger partial charge in [0.15, 0.2) is 0 Å². The van der Waals surface area contributed by atoms with E-state index in [0.29, 0.717) is 21.3 Å². The molecule has 0 aliphatic rings. The van der Waals surface area contributed by atoms with E-state index in [4.69, 9.17) is 9.84 Å². The number of benzene rings is 1. The highest BCUT2D eigenvalue weighted by Gasteiger charge is 2.22. The van der Waals surface area contributed by atoms with Gasteiger partial charge in [-0.1, -0.05) is 0 Å². The van der Waals surface area contributed by atoms with E-state index in [0.717, 1.165) is 0 Å². The molecule has 1 aromatic rings. The number of hydrogen-bond donors (Lipinski definition) is 2. The zero-order valence-corrected chi connectivity index (χ0v) is 10.8. The van der Waals surface area contributed by atoms with Crippen molar-refractivity contribution in [3.05, 3.63) is 21.7 Å². The molecule has 5 heteroatoms. The van der Waals surface area contributed by atoms with Crippen molar-refractivity contribution < 1.29 is 19.7 Å². The lowest BCUT2D eigenvalue weighted by Gasteiger charge is -2.15. The molecule has 0 aromatic heterocycles. The van der Waals surface area contributed by atoms with Gasteiger partial charge >= 0.3 is 5.97 Å². The quantitative estimate of drug-likeness (QED) is 0.897. The molecule has 0 aliphatic heterocycles. The van der Waals surface area contributed by atoms with Gasteiger partial charge in [0.2, 0.25) is 0 Å². The van der Waals surface area contributed by atoms with E-state index >= 15 is 0 Å². The van der Waals surface area contributed by atoms with Crippen LogP contribution in [0.15, 0.2) is 10.5 Å². The van der Waals surface area contributed by atoms with Gasteiger partial charge in [-0.25, -0.2) is 0 Å². The molecule has 0 saturated heterocycles. The van der Waals surface area contributed by atoms with Gasteiger partial charge in [0.1, 0.15) is 11.5 Å². The maximum absolute atomic E-state index is 10.9. The van der Waals surface area contributed by atoms with Crippen molar-refractivity contribution in [2.24, 2.45) is 0 Å². The molecule has 4 nitrogen and oxygen atoms in total. The Morgan fingerprint density at radius 2 is 2.12 bits per heavy atom. The van der Waals surface area contributed by atoms with Crippen LogP contribution in [-0.4, -0.2) is 23.3 Å². The number of phenolic OH excluding ortho intramolecular Hbond substituents is 1. The van der Waals surface area contributed by atoms with Gasteiger partial charge < -0.3 is 14.9 Å². The number of ether oxygens (including phenoxy) is 1. The largest absolute Gasteiger partial charge is 0.507 e. The number of hydrogen-bond acceptors (Lipinski definition) is 3. The lowest BCUT2D eigenvalue weighted by Crippen LogP contribution is -2.08. The number of carboxylic acids is 1. The summed E-state index contributed by atoms with van der Waals surface area (Å²) < 4.78 is 5.73. The van der Waals surface area contributed by atoms with Crippen LogP contribution >= 0.6 is 15.9 Å². The van der Waals surface area contributed by atoms with Crippen molar-refractivity contribution in [1.82, 2.24) is 0 Å². The molecule has 1 unspecified atom stereocenters. The third-order valence-electron chi connectivity index (χ3n) is 2.51. The fourth-order valence-corrected chi connectivity index (χ4v) is 2.19. The van der Waals surface area contributed by atoms with Crippen molar-refractivity contribution in [3.8, 4) is 11.5 Å². The van der Waals surface area contributed by atoms with Gasteiger partial charge in [-0.15, -0.1) is 0 Å². The van der Waals surface area contributed by atoms with Crippen LogP contribution in [0.3, 0.4) is 0 Å². The number of rotatable bonds is 3. The molecule has 16 heavy (non-hydrogen) atoms. The first-order valence-corrected chi connectivity index (χ1v) is 5.48. The van der Waals surface area contributed by atoms with E-state index < -0.39 is 11.9 Å². The van der Waals surface area contributed by atoms with Crippen molar-refractivity contribution >= 4 is 21.9 Å². The normalized spacial score (nSPS) is 12.2. The van der Waals surface area contributed by atoms with Crippen LogP contribution in [0, 0.1) is 6.92 Å². The summed E-state index contributed by atoms with van der Waals surface area (Å²) in [6.07, 6.45) is 0. The number of phenols is 1. The first kappa shape index (κ1) is 12.8. The van der Waals surface area contributed by atoms with Crippen molar-refractivity contribution in [2.45, 2.75) is 19.8 Å². The highest BCUT2D eigenvalue weighted by atomic mass is 79.9. The average Bonchev–Trinajstić information content (AvgIpc) is 2.23. The molecule has 0 radical (unpaired) electrons. The highest BCUT2D eigenvalue weighted by molar-refractivity contribution is 9.10. The predicted octanol–water partition coefficient (Wildman–Crippen LogP) is 2.66. The zero-order chi connectivity index (χ0) is 12.5. The summed E-state index contributed by atoms with van der Waals surface area (Å²) in [6, 6.07) is 1.57. The van der Waals surface area contributed by atoms with E-state index in [-0.39, 0.29) is 5.75 Å². The minimum Gasteiger partial charge on any atom is -0.507 e. The molecule has 0 heterocycles. The molecule has 2 N–H and O–H groups in total. The number of methoxy groups -OCH3 is 1. The first-order chi connectivity index (χ1) is 7.40. The molecule has 88 valence electrons. The van der Waals surface area contributed by atoms with Gasteiger partial charge in [0.05, 0.1) is 17.5 Å². The first-order valence-electron chi connectivity index (χ1n) is 4.68. The lowest BCUT2D eigenvalue weighted by molar-refractivity contribution is -0.138. The summed E-state index contributed by atoms with van der Waals surface area (Å²) in [7, 11) is 1.49. The Bertz CT molecular complexity index is 428. The van der Waals surface area contributed by atoms with Crippen LogP contribution < -0.4 is 4.74 Å². The monoisotopic (exact) mass is 288 g/mol. The van der Waals surface area contributed by atoms with Crippen LogP contribution in [0.5, 0.6) is 11.5 Å². The summed E-state index contributed by atoms with van der Waals surface area (Å²) in [5.41, 5.74) is 0.901. The van der Waals surface area contributed by atoms with Crippen molar-refractivity contribution in [3.63, 3.8) is 0 Å².